The number of carbonyl (C=O) groups is 1. The second-order valence-corrected chi connectivity index (χ2v) is 3.06. The molecule has 0 heterocycles. The Balaban J connectivity index is 2.63. The van der Waals surface area contributed by atoms with Gasteiger partial charge in [0.25, 0.3) is 0 Å². The minimum absolute atomic E-state index is 0.152. The van der Waals surface area contributed by atoms with Gasteiger partial charge in [0.2, 0.25) is 0 Å². The highest BCUT2D eigenvalue weighted by atomic mass is 16.5. The SMILES string of the molecule is COC(=O)CNc1cc(C)cc(N)c1. The van der Waals surface area contributed by atoms with Gasteiger partial charge in [-0.15, -0.1) is 0 Å². The predicted molar refractivity (Wildman–Crippen MR) is 56.1 cm³/mol. The van der Waals surface area contributed by atoms with E-state index >= 15 is 0 Å². The van der Waals surface area contributed by atoms with Crippen molar-refractivity contribution < 1.29 is 9.53 Å². The van der Waals surface area contributed by atoms with E-state index in [0.29, 0.717) is 5.69 Å². The van der Waals surface area contributed by atoms with Crippen LogP contribution in [0.2, 0.25) is 0 Å². The Hall–Kier alpha value is -1.71. The minimum Gasteiger partial charge on any atom is -0.468 e. The van der Waals surface area contributed by atoms with Crippen LogP contribution in [0.3, 0.4) is 0 Å². The lowest BCUT2D eigenvalue weighted by Crippen LogP contribution is -2.15. The number of carbonyl (C=O) groups excluding carboxylic acids is 1. The molecule has 0 bridgehead atoms. The highest BCUT2D eigenvalue weighted by molar-refractivity contribution is 5.75. The average Bonchev–Trinajstić information content (AvgIpc) is 2.12. The van der Waals surface area contributed by atoms with E-state index in [2.05, 4.69) is 10.1 Å². The van der Waals surface area contributed by atoms with Gasteiger partial charge in [0.1, 0.15) is 6.54 Å². The lowest BCUT2D eigenvalue weighted by molar-refractivity contribution is -0.138. The van der Waals surface area contributed by atoms with Crippen molar-refractivity contribution in [1.29, 1.82) is 0 Å². The number of esters is 1. The lowest BCUT2D eigenvalue weighted by atomic mass is 10.2. The molecule has 4 nitrogen and oxygen atoms in total. The topological polar surface area (TPSA) is 64.3 Å². The van der Waals surface area contributed by atoms with Gasteiger partial charge in [-0.1, -0.05) is 0 Å². The van der Waals surface area contributed by atoms with E-state index in [-0.39, 0.29) is 12.5 Å². The number of nitrogens with one attached hydrogen (secondary N) is 1. The van der Waals surface area contributed by atoms with Crippen molar-refractivity contribution in [3.8, 4) is 0 Å². The summed E-state index contributed by atoms with van der Waals surface area (Å²) in [4.78, 5) is 10.8. The first-order valence-electron chi connectivity index (χ1n) is 4.29. The highest BCUT2D eigenvalue weighted by Gasteiger charge is 2.00. The van der Waals surface area contributed by atoms with Gasteiger partial charge >= 0.3 is 5.97 Å². The van der Waals surface area contributed by atoms with Gasteiger partial charge in [0, 0.05) is 11.4 Å². The van der Waals surface area contributed by atoms with Crippen molar-refractivity contribution in [2.45, 2.75) is 6.92 Å². The minimum atomic E-state index is -0.301. The van der Waals surface area contributed by atoms with E-state index in [1.165, 1.54) is 7.11 Å². The summed E-state index contributed by atoms with van der Waals surface area (Å²) in [6.45, 7) is 2.10. The van der Waals surface area contributed by atoms with E-state index < -0.39 is 0 Å². The first-order valence-corrected chi connectivity index (χ1v) is 4.29. The van der Waals surface area contributed by atoms with E-state index in [0.717, 1.165) is 11.3 Å². The van der Waals surface area contributed by atoms with Crippen molar-refractivity contribution in [3.63, 3.8) is 0 Å². The first kappa shape index (κ1) is 10.4. The Kier molecular flexibility index (Phi) is 3.34. The first-order chi connectivity index (χ1) is 6.61. The Labute approximate surface area is 83.1 Å². The van der Waals surface area contributed by atoms with Crippen molar-refractivity contribution in [2.24, 2.45) is 0 Å². The molecule has 0 atom stereocenters. The molecule has 4 heteroatoms. The van der Waals surface area contributed by atoms with Crippen LogP contribution in [0.4, 0.5) is 11.4 Å². The van der Waals surface area contributed by atoms with Gasteiger partial charge in [-0.2, -0.15) is 0 Å². The summed E-state index contributed by atoms with van der Waals surface area (Å²) in [5.74, 6) is -0.301. The quantitative estimate of drug-likeness (QED) is 0.560. The summed E-state index contributed by atoms with van der Waals surface area (Å²) >= 11 is 0. The molecule has 0 unspecified atom stereocenters. The molecule has 1 rings (SSSR count). The third-order valence-electron chi connectivity index (χ3n) is 1.76. The Morgan fingerprint density at radius 2 is 2.21 bits per heavy atom. The number of hydrogen-bond acceptors (Lipinski definition) is 4. The van der Waals surface area contributed by atoms with Gasteiger partial charge in [-0.05, 0) is 30.7 Å². The standard InChI is InChI=1S/C10H14N2O2/c1-7-3-8(11)5-9(4-7)12-6-10(13)14-2/h3-5,12H,6,11H2,1-2H3. The highest BCUT2D eigenvalue weighted by Crippen LogP contribution is 2.15. The van der Waals surface area contributed by atoms with Gasteiger partial charge in [0.05, 0.1) is 7.11 Å². The summed E-state index contributed by atoms with van der Waals surface area (Å²) in [5.41, 5.74) is 8.20. The third kappa shape index (κ3) is 2.97. The molecule has 0 fully saturated rings. The predicted octanol–water partition coefficient (Wildman–Crippen LogP) is 1.16. The van der Waals surface area contributed by atoms with Crippen LogP contribution in [0.15, 0.2) is 18.2 Å². The van der Waals surface area contributed by atoms with Crippen LogP contribution >= 0.6 is 0 Å². The van der Waals surface area contributed by atoms with E-state index in [1.807, 2.05) is 19.1 Å². The number of methoxy groups -OCH3 is 1. The second-order valence-electron chi connectivity index (χ2n) is 3.06. The van der Waals surface area contributed by atoms with Crippen molar-refractivity contribution >= 4 is 17.3 Å². The van der Waals surface area contributed by atoms with Gasteiger partial charge < -0.3 is 15.8 Å². The summed E-state index contributed by atoms with van der Waals surface area (Å²) in [5, 5.41) is 2.92. The van der Waals surface area contributed by atoms with Crippen LogP contribution in [-0.4, -0.2) is 19.6 Å². The summed E-state index contributed by atoms with van der Waals surface area (Å²) < 4.78 is 4.50. The Morgan fingerprint density at radius 3 is 2.79 bits per heavy atom. The normalized spacial score (nSPS) is 9.57. The number of rotatable bonds is 3. The molecule has 0 saturated heterocycles. The van der Waals surface area contributed by atoms with Crippen LogP contribution in [0.25, 0.3) is 0 Å². The second kappa shape index (κ2) is 4.50. The number of nitrogen functional groups attached to an aromatic ring is 1. The molecule has 0 aliphatic carbocycles. The van der Waals surface area contributed by atoms with Crippen molar-refractivity contribution in [3.05, 3.63) is 23.8 Å². The number of aryl methyl sites for hydroxylation is 1. The third-order valence-corrected chi connectivity index (χ3v) is 1.76. The van der Waals surface area contributed by atoms with Gasteiger partial charge in [-0.3, -0.25) is 4.79 Å². The largest absolute Gasteiger partial charge is 0.468 e. The van der Waals surface area contributed by atoms with Crippen LogP contribution in [0, 0.1) is 6.92 Å². The molecule has 1 aromatic rings. The maximum absolute atomic E-state index is 10.8. The van der Waals surface area contributed by atoms with Crippen LogP contribution in [0.5, 0.6) is 0 Å². The van der Waals surface area contributed by atoms with Crippen LogP contribution in [-0.2, 0) is 9.53 Å². The zero-order chi connectivity index (χ0) is 10.6. The molecule has 0 aliphatic heterocycles. The molecular formula is C10H14N2O2. The number of nitrogens with two attached hydrogens (primary N) is 1. The number of benzene rings is 1. The molecule has 0 spiro atoms. The Bertz CT molecular complexity index is 317. The number of hydrogen-bond donors (Lipinski definition) is 2. The summed E-state index contributed by atoms with van der Waals surface area (Å²) in [6, 6.07) is 5.55. The average molecular weight is 194 g/mol. The summed E-state index contributed by atoms with van der Waals surface area (Å²) in [6.07, 6.45) is 0. The fourth-order valence-corrected chi connectivity index (χ4v) is 1.16. The smallest absolute Gasteiger partial charge is 0.325 e. The van der Waals surface area contributed by atoms with Crippen molar-refractivity contribution in [2.75, 3.05) is 24.7 Å². The molecule has 0 radical (unpaired) electrons. The number of ether oxygens (including phenoxy) is 1. The molecule has 0 aliphatic rings. The lowest BCUT2D eigenvalue weighted by Gasteiger charge is -2.06. The van der Waals surface area contributed by atoms with Gasteiger partial charge in [0.15, 0.2) is 0 Å². The zero-order valence-electron chi connectivity index (χ0n) is 8.33. The molecule has 3 N–H and O–H groups in total. The fourth-order valence-electron chi connectivity index (χ4n) is 1.16. The fraction of sp³-hybridized carbons (Fsp3) is 0.300. The molecule has 1 aromatic carbocycles. The van der Waals surface area contributed by atoms with Crippen molar-refractivity contribution in [1.82, 2.24) is 0 Å². The monoisotopic (exact) mass is 194 g/mol. The maximum Gasteiger partial charge on any atom is 0.325 e. The van der Waals surface area contributed by atoms with Gasteiger partial charge in [-0.25, -0.2) is 0 Å². The van der Waals surface area contributed by atoms with E-state index in [9.17, 15) is 4.79 Å². The van der Waals surface area contributed by atoms with Crippen LogP contribution < -0.4 is 11.1 Å². The Morgan fingerprint density at radius 1 is 1.50 bits per heavy atom. The molecule has 0 amide bonds. The molecule has 76 valence electrons. The molecular weight excluding hydrogens is 180 g/mol. The van der Waals surface area contributed by atoms with E-state index in [1.54, 1.807) is 6.07 Å². The van der Waals surface area contributed by atoms with E-state index in [4.69, 9.17) is 5.73 Å². The molecule has 0 saturated carbocycles. The summed E-state index contributed by atoms with van der Waals surface area (Å²) in [7, 11) is 1.36. The molecule has 0 aromatic heterocycles. The van der Waals surface area contributed by atoms with Crippen LogP contribution in [0.1, 0.15) is 5.56 Å². The molecule has 14 heavy (non-hydrogen) atoms. The zero-order valence-corrected chi connectivity index (χ0v) is 8.33. The number of anilines is 2. The maximum atomic E-state index is 10.8.